The maximum absolute atomic E-state index is 5.02. The molecule has 0 unspecified atom stereocenters. The van der Waals surface area contributed by atoms with Gasteiger partial charge in [-0.3, -0.25) is 5.10 Å². The fraction of sp³-hybridized carbons (Fsp3) is 0.172. The van der Waals surface area contributed by atoms with Crippen LogP contribution in [-0.4, -0.2) is 33.3 Å². The first kappa shape index (κ1) is 21.9. The van der Waals surface area contributed by atoms with Gasteiger partial charge < -0.3 is 10.3 Å². The summed E-state index contributed by atoms with van der Waals surface area (Å²) in [6.45, 7) is 9.79. The fourth-order valence-corrected chi connectivity index (χ4v) is 4.40. The topological polar surface area (TPSA) is 69.4 Å². The summed E-state index contributed by atoms with van der Waals surface area (Å²) in [5.74, 6) is 0. The third kappa shape index (κ3) is 4.06. The summed E-state index contributed by atoms with van der Waals surface area (Å²) in [5, 5.41) is 12.3. The zero-order chi connectivity index (χ0) is 23.5. The molecule has 4 aromatic rings. The van der Waals surface area contributed by atoms with Crippen molar-refractivity contribution in [3.05, 3.63) is 96.3 Å². The molecule has 1 aliphatic rings. The molecule has 3 N–H and O–H groups in total. The number of likely N-dealkylation sites (N-methyl/N-ethyl adjacent to an activating group) is 1. The lowest BCUT2D eigenvalue weighted by Crippen LogP contribution is -2.15. The highest BCUT2D eigenvalue weighted by Gasteiger charge is 2.16. The first-order valence-electron chi connectivity index (χ1n) is 11.8. The van der Waals surface area contributed by atoms with Crippen LogP contribution >= 0.6 is 0 Å². The zero-order valence-electron chi connectivity index (χ0n) is 19.7. The average Bonchev–Trinajstić information content (AvgIpc) is 3.63. The van der Waals surface area contributed by atoms with E-state index in [4.69, 9.17) is 4.98 Å². The van der Waals surface area contributed by atoms with Crippen molar-refractivity contribution in [2.75, 3.05) is 13.1 Å². The van der Waals surface area contributed by atoms with Crippen LogP contribution < -0.4 is 5.32 Å². The molecule has 34 heavy (non-hydrogen) atoms. The molecule has 0 radical (unpaired) electrons. The fourth-order valence-electron chi connectivity index (χ4n) is 4.40. The van der Waals surface area contributed by atoms with E-state index in [1.807, 2.05) is 25.1 Å². The predicted molar refractivity (Wildman–Crippen MR) is 143 cm³/mol. The zero-order valence-corrected chi connectivity index (χ0v) is 19.7. The molecule has 0 atom stereocenters. The van der Waals surface area contributed by atoms with Crippen LogP contribution in [0.5, 0.6) is 0 Å². The van der Waals surface area contributed by atoms with Gasteiger partial charge in [-0.1, -0.05) is 56.0 Å². The first-order chi connectivity index (χ1) is 16.7. The van der Waals surface area contributed by atoms with Crippen LogP contribution in [-0.2, 0) is 0 Å². The normalized spacial score (nSPS) is 14.4. The summed E-state index contributed by atoms with van der Waals surface area (Å²) >= 11 is 0. The molecule has 5 rings (SSSR count). The number of H-pyrrole nitrogens is 2. The van der Waals surface area contributed by atoms with Gasteiger partial charge in [0.05, 0.1) is 16.9 Å². The summed E-state index contributed by atoms with van der Waals surface area (Å²) in [5.41, 5.74) is 10.2. The molecular formula is C29H29N5. The number of hydrogen-bond acceptors (Lipinski definition) is 3. The van der Waals surface area contributed by atoms with Crippen LogP contribution in [0.2, 0.25) is 0 Å². The largest absolute Gasteiger partial charge is 0.353 e. The molecule has 1 aromatic carbocycles. The Labute approximate surface area is 199 Å². The second kappa shape index (κ2) is 9.49. The van der Waals surface area contributed by atoms with Gasteiger partial charge >= 0.3 is 0 Å². The van der Waals surface area contributed by atoms with E-state index >= 15 is 0 Å². The molecule has 170 valence electrons. The second-order valence-corrected chi connectivity index (χ2v) is 8.36. The Morgan fingerprint density at radius 2 is 2.12 bits per heavy atom. The first-order valence-corrected chi connectivity index (χ1v) is 11.8. The summed E-state index contributed by atoms with van der Waals surface area (Å²) in [6, 6.07) is 12.6. The van der Waals surface area contributed by atoms with E-state index < -0.39 is 0 Å². The third-order valence-electron chi connectivity index (χ3n) is 6.20. The minimum absolute atomic E-state index is 0.777. The number of benzene rings is 1. The third-order valence-corrected chi connectivity index (χ3v) is 6.20. The van der Waals surface area contributed by atoms with Gasteiger partial charge in [0.2, 0.25) is 0 Å². The van der Waals surface area contributed by atoms with E-state index in [1.54, 1.807) is 0 Å². The summed E-state index contributed by atoms with van der Waals surface area (Å²) in [7, 11) is 0. The van der Waals surface area contributed by atoms with Crippen LogP contribution in [0.1, 0.15) is 31.5 Å². The highest BCUT2D eigenvalue weighted by Crippen LogP contribution is 2.33. The smallest absolute Gasteiger partial charge is 0.135 e. The van der Waals surface area contributed by atoms with Crippen molar-refractivity contribution < 1.29 is 0 Å². The van der Waals surface area contributed by atoms with Crippen molar-refractivity contribution >= 4 is 33.1 Å². The number of nitrogens with one attached hydrogen (secondary N) is 3. The lowest BCUT2D eigenvalue weighted by Gasteiger charge is -2.06. The van der Waals surface area contributed by atoms with Crippen molar-refractivity contribution in [1.82, 2.24) is 25.5 Å². The quantitative estimate of drug-likeness (QED) is 0.267. The lowest BCUT2D eigenvalue weighted by atomic mass is 10.0. The molecule has 5 heteroatoms. The second-order valence-electron chi connectivity index (χ2n) is 8.36. The Balaban J connectivity index is 1.57. The maximum Gasteiger partial charge on any atom is 0.135 e. The molecule has 0 saturated heterocycles. The van der Waals surface area contributed by atoms with Gasteiger partial charge in [-0.05, 0) is 72.5 Å². The standard InChI is InChI=1S/C29H29N5/c1-4-19(18-30-6-3)16-20(5-2)24-14-15-26-28(32-24)29(34-33-26)27-17-23-22(21-10-7-8-11-21)12-9-13-25(23)31-27/h4-5,7,9-17,30-31H,1,6,8,18H2,2-3H3,(H,33,34)/b19-16+,20-5+. The Bertz CT molecular complexity index is 1490. The Morgan fingerprint density at radius 3 is 2.88 bits per heavy atom. The molecule has 0 amide bonds. The van der Waals surface area contributed by atoms with E-state index in [1.165, 1.54) is 16.5 Å². The van der Waals surface area contributed by atoms with Gasteiger partial charge in [0.1, 0.15) is 11.2 Å². The molecule has 1 aliphatic carbocycles. The number of fused-ring (bicyclic) bond motifs is 2. The van der Waals surface area contributed by atoms with Crippen LogP contribution in [0.25, 0.3) is 44.5 Å². The molecule has 5 nitrogen and oxygen atoms in total. The van der Waals surface area contributed by atoms with Crippen molar-refractivity contribution in [3.8, 4) is 11.4 Å². The minimum Gasteiger partial charge on any atom is -0.353 e. The van der Waals surface area contributed by atoms with Crippen LogP contribution in [0.3, 0.4) is 0 Å². The molecule has 3 heterocycles. The predicted octanol–water partition coefficient (Wildman–Crippen LogP) is 6.57. The number of aromatic nitrogens is 4. The minimum atomic E-state index is 0.777. The molecule has 0 spiro atoms. The molecule has 0 saturated carbocycles. The molecule has 0 fully saturated rings. The van der Waals surface area contributed by atoms with Gasteiger partial charge in [-0.15, -0.1) is 0 Å². The van der Waals surface area contributed by atoms with Crippen molar-refractivity contribution in [3.63, 3.8) is 0 Å². The Morgan fingerprint density at radius 1 is 1.21 bits per heavy atom. The number of allylic oxidation sites excluding steroid dienone is 7. The van der Waals surface area contributed by atoms with E-state index in [2.05, 4.69) is 88.6 Å². The van der Waals surface area contributed by atoms with E-state index in [0.29, 0.717) is 0 Å². The van der Waals surface area contributed by atoms with Crippen LogP contribution in [0.15, 0.2) is 85.0 Å². The van der Waals surface area contributed by atoms with Gasteiger partial charge in [-0.2, -0.15) is 5.10 Å². The van der Waals surface area contributed by atoms with Gasteiger partial charge in [-0.25, -0.2) is 4.98 Å². The van der Waals surface area contributed by atoms with Gasteiger partial charge in [0, 0.05) is 17.4 Å². The van der Waals surface area contributed by atoms with E-state index in [9.17, 15) is 0 Å². The highest BCUT2D eigenvalue weighted by molar-refractivity contribution is 6.00. The number of rotatable bonds is 8. The molecular weight excluding hydrogens is 418 g/mol. The van der Waals surface area contributed by atoms with Gasteiger partial charge in [0.15, 0.2) is 0 Å². The van der Waals surface area contributed by atoms with Crippen molar-refractivity contribution in [2.24, 2.45) is 0 Å². The van der Waals surface area contributed by atoms with Crippen LogP contribution in [0.4, 0.5) is 0 Å². The maximum atomic E-state index is 5.02. The lowest BCUT2D eigenvalue weighted by molar-refractivity contribution is 0.785. The van der Waals surface area contributed by atoms with Crippen LogP contribution in [0, 0.1) is 0 Å². The van der Waals surface area contributed by atoms with Crippen molar-refractivity contribution in [1.29, 1.82) is 0 Å². The monoisotopic (exact) mass is 447 g/mol. The molecule has 0 aliphatic heterocycles. The van der Waals surface area contributed by atoms with E-state index in [0.717, 1.165) is 64.3 Å². The Hall–Kier alpha value is -3.96. The highest BCUT2D eigenvalue weighted by atomic mass is 15.1. The average molecular weight is 448 g/mol. The van der Waals surface area contributed by atoms with Gasteiger partial charge in [0.25, 0.3) is 0 Å². The Kier molecular flexibility index (Phi) is 6.11. The number of pyridine rings is 1. The number of nitrogens with zero attached hydrogens (tertiary/aromatic N) is 2. The van der Waals surface area contributed by atoms with E-state index in [-0.39, 0.29) is 0 Å². The number of aromatic amines is 2. The molecule has 3 aromatic heterocycles. The number of hydrogen-bond donors (Lipinski definition) is 3. The summed E-state index contributed by atoms with van der Waals surface area (Å²) < 4.78 is 0. The van der Waals surface area contributed by atoms with Crippen molar-refractivity contribution in [2.45, 2.75) is 20.3 Å². The summed E-state index contributed by atoms with van der Waals surface area (Å²) in [4.78, 5) is 8.58. The molecule has 0 bridgehead atoms. The SMILES string of the molecule is C=C/C(=C\C(=C/C)c1ccc2[nH]nc(-c3cc4c(C5=CCC=C5)cccc4[nH]3)c2n1)CNCC. The summed E-state index contributed by atoms with van der Waals surface area (Å²) in [6.07, 6.45) is 13.8.